The van der Waals surface area contributed by atoms with E-state index in [0.29, 0.717) is 13.2 Å². The molecule has 0 radical (unpaired) electrons. The quantitative estimate of drug-likeness (QED) is 0.693. The molecule has 1 aliphatic rings. The van der Waals surface area contributed by atoms with Gasteiger partial charge in [-0.15, -0.1) is 0 Å². The Hall–Kier alpha value is -1.10. The van der Waals surface area contributed by atoms with Gasteiger partial charge in [-0.05, 0) is 5.92 Å². The van der Waals surface area contributed by atoms with Gasteiger partial charge >= 0.3 is 0 Å². The average molecular weight is 214 g/mol. The molecule has 2 amide bonds. The standard InChI is InChI=1S/C10H18N2O3/c1-7(2)9-10(14)12(4-5-15-3)6-8(13)11-9/h7,9H,4-6H2,1-3H3,(H,11,13). The SMILES string of the molecule is COCCN1CC(=O)NC(C(C)C)C1=O. The van der Waals surface area contributed by atoms with Crippen LogP contribution >= 0.6 is 0 Å². The summed E-state index contributed by atoms with van der Waals surface area (Å²) in [6, 6.07) is -0.386. The molecule has 1 N–H and O–H groups in total. The first-order chi connectivity index (χ1) is 7.06. The maximum atomic E-state index is 11.9. The monoisotopic (exact) mass is 214 g/mol. The van der Waals surface area contributed by atoms with Gasteiger partial charge in [0.25, 0.3) is 0 Å². The Morgan fingerprint density at radius 2 is 2.20 bits per heavy atom. The number of nitrogens with one attached hydrogen (secondary N) is 1. The van der Waals surface area contributed by atoms with Crippen LogP contribution in [0.4, 0.5) is 0 Å². The minimum Gasteiger partial charge on any atom is -0.383 e. The van der Waals surface area contributed by atoms with Crippen molar-refractivity contribution in [3.05, 3.63) is 0 Å². The highest BCUT2D eigenvalue weighted by Crippen LogP contribution is 2.10. The van der Waals surface area contributed by atoms with E-state index >= 15 is 0 Å². The summed E-state index contributed by atoms with van der Waals surface area (Å²) >= 11 is 0. The van der Waals surface area contributed by atoms with Gasteiger partial charge in [0.05, 0.1) is 13.2 Å². The maximum absolute atomic E-state index is 11.9. The lowest BCUT2D eigenvalue weighted by Crippen LogP contribution is -2.60. The van der Waals surface area contributed by atoms with Crippen molar-refractivity contribution >= 4 is 11.8 Å². The first kappa shape index (κ1) is 12.0. The number of ether oxygens (including phenoxy) is 1. The van der Waals surface area contributed by atoms with E-state index in [4.69, 9.17) is 4.74 Å². The summed E-state index contributed by atoms with van der Waals surface area (Å²) in [5, 5.41) is 2.70. The molecule has 0 aromatic heterocycles. The van der Waals surface area contributed by atoms with Crippen LogP contribution in [0.25, 0.3) is 0 Å². The van der Waals surface area contributed by atoms with Crippen molar-refractivity contribution < 1.29 is 14.3 Å². The minimum absolute atomic E-state index is 0.0124. The second kappa shape index (κ2) is 5.11. The highest BCUT2D eigenvalue weighted by atomic mass is 16.5. The van der Waals surface area contributed by atoms with Crippen molar-refractivity contribution in [1.29, 1.82) is 0 Å². The molecule has 15 heavy (non-hydrogen) atoms. The minimum atomic E-state index is -0.386. The highest BCUT2D eigenvalue weighted by molar-refractivity contribution is 5.94. The summed E-state index contributed by atoms with van der Waals surface area (Å²) < 4.78 is 4.90. The molecule has 0 spiro atoms. The van der Waals surface area contributed by atoms with Crippen molar-refractivity contribution in [3.63, 3.8) is 0 Å². The second-order valence-electron chi connectivity index (χ2n) is 4.04. The summed E-state index contributed by atoms with van der Waals surface area (Å²) in [7, 11) is 1.58. The van der Waals surface area contributed by atoms with Crippen LogP contribution in [0, 0.1) is 5.92 Å². The van der Waals surface area contributed by atoms with E-state index in [9.17, 15) is 9.59 Å². The first-order valence-corrected chi connectivity index (χ1v) is 5.13. The largest absolute Gasteiger partial charge is 0.383 e. The zero-order chi connectivity index (χ0) is 11.4. The number of methoxy groups -OCH3 is 1. The number of rotatable bonds is 4. The van der Waals surface area contributed by atoms with Gasteiger partial charge in [-0.3, -0.25) is 9.59 Å². The Morgan fingerprint density at radius 3 is 2.73 bits per heavy atom. The summed E-state index contributed by atoms with van der Waals surface area (Å²) in [4.78, 5) is 24.8. The number of carbonyl (C=O) groups is 2. The number of carbonyl (C=O) groups excluding carboxylic acids is 2. The van der Waals surface area contributed by atoms with Gasteiger partial charge in [0.1, 0.15) is 6.04 Å². The van der Waals surface area contributed by atoms with Crippen LogP contribution < -0.4 is 5.32 Å². The van der Waals surface area contributed by atoms with E-state index < -0.39 is 0 Å². The van der Waals surface area contributed by atoms with Crippen molar-refractivity contribution in [2.24, 2.45) is 5.92 Å². The fourth-order valence-electron chi connectivity index (χ4n) is 1.57. The Kier molecular flexibility index (Phi) is 4.08. The predicted octanol–water partition coefficient (Wildman–Crippen LogP) is -0.384. The Balaban J connectivity index is 2.63. The van der Waals surface area contributed by atoms with Crippen molar-refractivity contribution in [2.45, 2.75) is 19.9 Å². The molecule has 1 heterocycles. The van der Waals surface area contributed by atoms with Crippen LogP contribution in [0.15, 0.2) is 0 Å². The molecule has 86 valence electrons. The fourth-order valence-corrected chi connectivity index (χ4v) is 1.57. The zero-order valence-electron chi connectivity index (χ0n) is 9.45. The Morgan fingerprint density at radius 1 is 1.53 bits per heavy atom. The molecule has 0 saturated carbocycles. The third-order valence-electron chi connectivity index (χ3n) is 2.46. The van der Waals surface area contributed by atoms with Crippen molar-refractivity contribution in [1.82, 2.24) is 10.2 Å². The molecule has 0 aliphatic carbocycles. The summed E-state index contributed by atoms with van der Waals surface area (Å²) in [5.41, 5.74) is 0. The molecule has 1 saturated heterocycles. The van der Waals surface area contributed by atoms with E-state index in [1.807, 2.05) is 13.8 Å². The molecule has 0 bridgehead atoms. The molecule has 1 aliphatic heterocycles. The van der Waals surface area contributed by atoms with Gasteiger partial charge in [0.15, 0.2) is 0 Å². The zero-order valence-corrected chi connectivity index (χ0v) is 9.45. The molecule has 0 aromatic carbocycles. The predicted molar refractivity (Wildman–Crippen MR) is 55.2 cm³/mol. The summed E-state index contributed by atoms with van der Waals surface area (Å²) in [6.07, 6.45) is 0. The maximum Gasteiger partial charge on any atom is 0.245 e. The molecule has 5 heteroatoms. The van der Waals surface area contributed by atoms with Crippen molar-refractivity contribution in [3.8, 4) is 0 Å². The number of nitrogens with zero attached hydrogens (tertiary/aromatic N) is 1. The molecule has 1 fully saturated rings. The number of hydrogen-bond donors (Lipinski definition) is 1. The normalized spacial score (nSPS) is 22.1. The number of hydrogen-bond acceptors (Lipinski definition) is 3. The van der Waals surface area contributed by atoms with Gasteiger partial charge in [-0.2, -0.15) is 0 Å². The molecular formula is C10H18N2O3. The average Bonchev–Trinajstić information content (AvgIpc) is 2.18. The van der Waals surface area contributed by atoms with Gasteiger partial charge < -0.3 is 15.0 Å². The molecule has 5 nitrogen and oxygen atoms in total. The topological polar surface area (TPSA) is 58.6 Å². The van der Waals surface area contributed by atoms with Gasteiger partial charge in [0.2, 0.25) is 11.8 Å². The van der Waals surface area contributed by atoms with E-state index in [1.54, 1.807) is 12.0 Å². The molecule has 1 atom stereocenters. The lowest BCUT2D eigenvalue weighted by atomic mass is 10.0. The molecule has 0 aromatic rings. The number of piperazine rings is 1. The van der Waals surface area contributed by atoms with Crippen LogP contribution in [-0.2, 0) is 14.3 Å². The first-order valence-electron chi connectivity index (χ1n) is 5.13. The van der Waals surface area contributed by atoms with Gasteiger partial charge in [-0.25, -0.2) is 0 Å². The Bertz CT molecular complexity index is 253. The van der Waals surface area contributed by atoms with Gasteiger partial charge in [-0.1, -0.05) is 13.8 Å². The molecule has 1 unspecified atom stereocenters. The van der Waals surface area contributed by atoms with Crippen LogP contribution in [0.2, 0.25) is 0 Å². The summed E-state index contributed by atoms with van der Waals surface area (Å²) in [5.74, 6) is 0.0119. The van der Waals surface area contributed by atoms with E-state index in [2.05, 4.69) is 5.32 Å². The van der Waals surface area contributed by atoms with E-state index in [0.717, 1.165) is 0 Å². The lowest BCUT2D eigenvalue weighted by molar-refractivity contribution is -0.146. The third-order valence-corrected chi connectivity index (χ3v) is 2.46. The van der Waals surface area contributed by atoms with E-state index in [1.165, 1.54) is 0 Å². The molecule has 1 rings (SSSR count). The van der Waals surface area contributed by atoms with Crippen LogP contribution in [0.3, 0.4) is 0 Å². The van der Waals surface area contributed by atoms with Crippen LogP contribution in [0.1, 0.15) is 13.8 Å². The Labute approximate surface area is 89.8 Å². The third kappa shape index (κ3) is 2.92. The van der Waals surface area contributed by atoms with Crippen LogP contribution in [0.5, 0.6) is 0 Å². The lowest BCUT2D eigenvalue weighted by Gasteiger charge is -2.34. The number of amides is 2. The second-order valence-corrected chi connectivity index (χ2v) is 4.04. The summed E-state index contributed by atoms with van der Waals surface area (Å²) in [6.45, 7) is 4.92. The highest BCUT2D eigenvalue weighted by Gasteiger charge is 2.33. The van der Waals surface area contributed by atoms with E-state index in [-0.39, 0.29) is 30.3 Å². The van der Waals surface area contributed by atoms with Crippen molar-refractivity contribution in [2.75, 3.05) is 26.8 Å². The van der Waals surface area contributed by atoms with Gasteiger partial charge in [0, 0.05) is 13.7 Å². The van der Waals surface area contributed by atoms with Crippen LogP contribution in [-0.4, -0.2) is 49.6 Å². The smallest absolute Gasteiger partial charge is 0.245 e. The fraction of sp³-hybridized carbons (Fsp3) is 0.800. The molecular weight excluding hydrogens is 196 g/mol.